The Morgan fingerprint density at radius 3 is 2.58 bits per heavy atom. The second-order valence-electron chi connectivity index (χ2n) is 6.60. The summed E-state index contributed by atoms with van der Waals surface area (Å²) in [6.45, 7) is 4.51. The highest BCUT2D eigenvalue weighted by Crippen LogP contribution is 2.46. The van der Waals surface area contributed by atoms with Crippen LogP contribution in [0.25, 0.3) is 0 Å². The van der Waals surface area contributed by atoms with E-state index in [-0.39, 0.29) is 29.3 Å². The molecule has 1 aliphatic carbocycles. The average Bonchev–Trinajstić information content (AvgIpc) is 3.36. The maximum Gasteiger partial charge on any atom is 0.436 e. The lowest BCUT2D eigenvalue weighted by Crippen LogP contribution is -2.41. The number of rotatable bonds is 7. The number of aromatic nitrogens is 2. The van der Waals surface area contributed by atoms with Crippen LogP contribution < -0.4 is 5.32 Å². The first-order valence-electron chi connectivity index (χ1n) is 8.76. The van der Waals surface area contributed by atoms with Gasteiger partial charge < -0.3 is 10.1 Å². The lowest BCUT2D eigenvalue weighted by molar-refractivity contribution is -0.142. The zero-order valence-corrected chi connectivity index (χ0v) is 15.9. The number of carbonyl (C=O) groups is 1. The number of aryl methyl sites for hydroxylation is 1. The molecular weight excluding hydrogens is 417 g/mol. The van der Waals surface area contributed by atoms with Crippen molar-refractivity contribution >= 4 is 21.8 Å². The molecule has 2 heterocycles. The number of hydrogen-bond acceptors (Lipinski definition) is 4. The van der Waals surface area contributed by atoms with Crippen molar-refractivity contribution in [1.29, 1.82) is 0 Å². The molecule has 2 fully saturated rings. The van der Waals surface area contributed by atoms with Crippen LogP contribution in [0.5, 0.6) is 0 Å². The van der Waals surface area contributed by atoms with Gasteiger partial charge in [-0.15, -0.1) is 0 Å². The molecule has 3 rings (SSSR count). The summed E-state index contributed by atoms with van der Waals surface area (Å²) in [7, 11) is 0. The zero-order valence-electron chi connectivity index (χ0n) is 14.3. The first-order chi connectivity index (χ1) is 12.4. The predicted molar refractivity (Wildman–Crippen MR) is 91.8 cm³/mol. The third kappa shape index (κ3) is 4.98. The minimum atomic E-state index is -4.51. The Hall–Kier alpha value is -1.13. The molecule has 0 aromatic carbocycles. The number of ether oxygens (including phenoxy) is 1. The molecule has 1 saturated heterocycles. The van der Waals surface area contributed by atoms with Gasteiger partial charge in [0.05, 0.1) is 29.9 Å². The van der Waals surface area contributed by atoms with Gasteiger partial charge in [-0.25, -0.2) is 0 Å². The number of amides is 1. The van der Waals surface area contributed by atoms with Crippen molar-refractivity contribution in [1.82, 2.24) is 20.0 Å². The van der Waals surface area contributed by atoms with Gasteiger partial charge in [-0.1, -0.05) is 0 Å². The fraction of sp³-hybridized carbons (Fsp3) is 0.750. The summed E-state index contributed by atoms with van der Waals surface area (Å²) in [6, 6.07) is 0. The number of carbonyl (C=O) groups excluding carboxylic acids is 1. The van der Waals surface area contributed by atoms with Gasteiger partial charge in [0.1, 0.15) is 0 Å². The van der Waals surface area contributed by atoms with Crippen LogP contribution in [0.15, 0.2) is 4.47 Å². The van der Waals surface area contributed by atoms with Crippen LogP contribution in [-0.2, 0) is 22.3 Å². The minimum absolute atomic E-state index is 0.0141. The number of nitrogens with one attached hydrogen (secondary N) is 1. The number of alkyl halides is 3. The summed E-state index contributed by atoms with van der Waals surface area (Å²) in [6.07, 6.45) is -2.69. The molecule has 0 spiro atoms. The van der Waals surface area contributed by atoms with Crippen molar-refractivity contribution in [3.05, 3.63) is 15.9 Å². The van der Waals surface area contributed by atoms with E-state index in [2.05, 4.69) is 31.2 Å². The number of morpholine rings is 1. The highest BCUT2D eigenvalue weighted by atomic mass is 79.9. The Morgan fingerprint density at radius 1 is 1.27 bits per heavy atom. The van der Waals surface area contributed by atoms with Crippen LogP contribution in [0.2, 0.25) is 0 Å². The molecular formula is C16H22BrF3N4O2. The Balaban J connectivity index is 1.51. The molecule has 1 saturated carbocycles. The zero-order chi connectivity index (χ0) is 18.7. The summed E-state index contributed by atoms with van der Waals surface area (Å²) < 4.78 is 45.8. The van der Waals surface area contributed by atoms with Crippen LogP contribution in [0.3, 0.4) is 0 Å². The van der Waals surface area contributed by atoms with E-state index in [0.717, 1.165) is 32.5 Å². The summed E-state index contributed by atoms with van der Waals surface area (Å²) in [5, 5.41) is 6.53. The van der Waals surface area contributed by atoms with E-state index in [4.69, 9.17) is 4.74 Å². The number of nitrogens with zero attached hydrogens (tertiary/aromatic N) is 3. The summed E-state index contributed by atoms with van der Waals surface area (Å²) in [5.74, 6) is -0.0856. The van der Waals surface area contributed by atoms with Gasteiger partial charge in [0, 0.05) is 38.5 Å². The SMILES string of the molecule is O=C(CCn1nc(C(F)(F)F)c(Br)c1C1CC1)NCCN1CCOCC1. The summed E-state index contributed by atoms with van der Waals surface area (Å²) in [5.41, 5.74) is -0.356. The molecule has 1 aromatic heterocycles. The molecule has 26 heavy (non-hydrogen) atoms. The van der Waals surface area contributed by atoms with Crippen molar-refractivity contribution in [2.75, 3.05) is 39.4 Å². The quantitative estimate of drug-likeness (QED) is 0.709. The van der Waals surface area contributed by atoms with E-state index in [9.17, 15) is 18.0 Å². The van der Waals surface area contributed by atoms with Gasteiger partial charge in [-0.2, -0.15) is 18.3 Å². The lowest BCUT2D eigenvalue weighted by atomic mass is 10.2. The van der Waals surface area contributed by atoms with Crippen LogP contribution in [0.1, 0.15) is 36.6 Å². The topological polar surface area (TPSA) is 59.4 Å². The first kappa shape index (κ1) is 19.6. The van der Waals surface area contributed by atoms with Crippen molar-refractivity contribution in [3.63, 3.8) is 0 Å². The third-order valence-electron chi connectivity index (χ3n) is 4.57. The van der Waals surface area contributed by atoms with Crippen LogP contribution >= 0.6 is 15.9 Å². The second-order valence-corrected chi connectivity index (χ2v) is 7.39. The van der Waals surface area contributed by atoms with Crippen LogP contribution in [0.4, 0.5) is 13.2 Å². The maximum atomic E-state index is 13.1. The third-order valence-corrected chi connectivity index (χ3v) is 5.35. The Morgan fingerprint density at radius 2 is 1.96 bits per heavy atom. The fourth-order valence-corrected chi connectivity index (χ4v) is 3.86. The Bertz CT molecular complexity index is 640. The smallest absolute Gasteiger partial charge is 0.379 e. The standard InChI is InChI=1S/C16H22BrF3N4O2/c17-13-14(11-1-2-11)24(22-15(13)16(18,19)20)5-3-12(25)21-4-6-23-7-9-26-10-8-23/h11H,1-10H2,(H,21,25). The average molecular weight is 439 g/mol. The first-order valence-corrected chi connectivity index (χ1v) is 9.55. The molecule has 0 bridgehead atoms. The largest absolute Gasteiger partial charge is 0.436 e. The molecule has 0 unspecified atom stereocenters. The molecule has 1 aliphatic heterocycles. The van der Waals surface area contributed by atoms with Crippen LogP contribution in [0, 0.1) is 0 Å². The molecule has 1 N–H and O–H groups in total. The molecule has 0 atom stereocenters. The van der Waals surface area contributed by atoms with Gasteiger partial charge in [-0.3, -0.25) is 14.4 Å². The second kappa shape index (κ2) is 8.26. The van der Waals surface area contributed by atoms with E-state index in [1.54, 1.807) is 0 Å². The highest BCUT2D eigenvalue weighted by molar-refractivity contribution is 9.10. The summed E-state index contributed by atoms with van der Waals surface area (Å²) >= 11 is 3.05. The number of hydrogen-bond donors (Lipinski definition) is 1. The molecule has 10 heteroatoms. The van der Waals surface area contributed by atoms with Gasteiger partial charge >= 0.3 is 6.18 Å². The molecule has 1 aromatic rings. The molecule has 146 valence electrons. The van der Waals surface area contributed by atoms with Gasteiger partial charge in [0.15, 0.2) is 5.69 Å². The van der Waals surface area contributed by atoms with E-state index >= 15 is 0 Å². The van der Waals surface area contributed by atoms with Crippen LogP contribution in [-0.4, -0.2) is 60.0 Å². The Kier molecular flexibility index (Phi) is 6.24. The van der Waals surface area contributed by atoms with Crippen molar-refractivity contribution in [3.8, 4) is 0 Å². The molecule has 6 nitrogen and oxygen atoms in total. The van der Waals surface area contributed by atoms with E-state index in [1.165, 1.54) is 4.68 Å². The molecule has 2 aliphatic rings. The number of halogens is 4. The van der Waals surface area contributed by atoms with Gasteiger partial charge in [0.2, 0.25) is 5.91 Å². The Labute approximate surface area is 158 Å². The normalized spacial score (nSPS) is 18.9. The minimum Gasteiger partial charge on any atom is -0.379 e. The van der Waals surface area contributed by atoms with Crippen molar-refractivity contribution < 1.29 is 22.7 Å². The van der Waals surface area contributed by atoms with E-state index in [0.29, 0.717) is 25.5 Å². The monoisotopic (exact) mass is 438 g/mol. The van der Waals surface area contributed by atoms with Gasteiger partial charge in [-0.05, 0) is 28.8 Å². The van der Waals surface area contributed by atoms with E-state index in [1.807, 2.05) is 0 Å². The maximum absolute atomic E-state index is 13.1. The van der Waals surface area contributed by atoms with Crippen molar-refractivity contribution in [2.24, 2.45) is 0 Å². The molecule has 0 radical (unpaired) electrons. The summed E-state index contributed by atoms with van der Waals surface area (Å²) in [4.78, 5) is 14.2. The molecule has 1 amide bonds. The van der Waals surface area contributed by atoms with E-state index < -0.39 is 11.9 Å². The van der Waals surface area contributed by atoms with Gasteiger partial charge in [0.25, 0.3) is 0 Å². The lowest BCUT2D eigenvalue weighted by Gasteiger charge is -2.26. The van der Waals surface area contributed by atoms with Crippen molar-refractivity contribution in [2.45, 2.75) is 37.9 Å². The fourth-order valence-electron chi connectivity index (χ4n) is 3.03. The predicted octanol–water partition coefficient (Wildman–Crippen LogP) is 2.38. The highest BCUT2D eigenvalue weighted by Gasteiger charge is 2.41.